The maximum atomic E-state index is 12.9. The summed E-state index contributed by atoms with van der Waals surface area (Å²) in [5, 5.41) is 3.31. The van der Waals surface area contributed by atoms with E-state index in [1.807, 2.05) is 11.8 Å². The number of nitrogens with zero attached hydrogens (tertiary/aromatic N) is 1. The summed E-state index contributed by atoms with van der Waals surface area (Å²) in [4.78, 5) is 29.9. The van der Waals surface area contributed by atoms with Crippen LogP contribution in [0, 0.1) is 0 Å². The first kappa shape index (κ1) is 16.5. The Bertz CT molecular complexity index is 730. The highest BCUT2D eigenvalue weighted by molar-refractivity contribution is 5.94. The molecule has 0 bridgehead atoms. The van der Waals surface area contributed by atoms with Gasteiger partial charge in [-0.3, -0.25) is 9.59 Å². The highest BCUT2D eigenvalue weighted by atomic mass is 16.3. The van der Waals surface area contributed by atoms with Gasteiger partial charge in [-0.15, -0.1) is 0 Å². The zero-order valence-corrected chi connectivity index (χ0v) is 13.9. The third-order valence-electron chi connectivity index (χ3n) is 4.40. The normalized spacial score (nSPS) is 15.4. The van der Waals surface area contributed by atoms with Gasteiger partial charge in [0.25, 0.3) is 11.5 Å². The minimum absolute atomic E-state index is 0.184. The highest BCUT2D eigenvalue weighted by Crippen LogP contribution is 2.18. The molecular formula is C18H23N3O3. The smallest absolute Gasteiger partial charge is 0.261 e. The van der Waals surface area contributed by atoms with Crippen LogP contribution < -0.4 is 10.9 Å². The van der Waals surface area contributed by atoms with Crippen LogP contribution in [0.2, 0.25) is 0 Å². The second-order valence-electron chi connectivity index (χ2n) is 6.07. The second-order valence-corrected chi connectivity index (χ2v) is 6.07. The molecule has 2 aromatic rings. The lowest BCUT2D eigenvalue weighted by atomic mass is 10.0. The van der Waals surface area contributed by atoms with Gasteiger partial charge in [0, 0.05) is 12.6 Å². The summed E-state index contributed by atoms with van der Waals surface area (Å²) in [6, 6.07) is 7.05. The third kappa shape index (κ3) is 3.43. The Hall–Kier alpha value is -2.34. The molecule has 0 spiro atoms. The molecule has 128 valence electrons. The molecule has 0 saturated carbocycles. The van der Waals surface area contributed by atoms with E-state index in [9.17, 15) is 9.59 Å². The van der Waals surface area contributed by atoms with E-state index in [1.165, 1.54) is 0 Å². The molecule has 6 nitrogen and oxygen atoms in total. The summed E-state index contributed by atoms with van der Waals surface area (Å²) in [7, 11) is 0. The Balaban J connectivity index is 1.85. The van der Waals surface area contributed by atoms with E-state index in [0.29, 0.717) is 18.0 Å². The molecule has 1 aliphatic rings. The molecule has 0 unspecified atom stereocenters. The summed E-state index contributed by atoms with van der Waals surface area (Å²) in [5.41, 5.74) is 0.395. The molecule has 3 heterocycles. The summed E-state index contributed by atoms with van der Waals surface area (Å²) >= 11 is 0. The number of aromatic amines is 1. The van der Waals surface area contributed by atoms with Crippen molar-refractivity contribution in [3.05, 3.63) is 46.4 Å². The minimum atomic E-state index is -0.371. The van der Waals surface area contributed by atoms with Crippen LogP contribution in [0.1, 0.15) is 36.5 Å². The number of hydrogen-bond donors (Lipinski definition) is 2. The van der Waals surface area contributed by atoms with Gasteiger partial charge < -0.3 is 19.6 Å². The maximum Gasteiger partial charge on any atom is 0.261 e. The molecule has 2 N–H and O–H groups in total. The molecule has 2 aromatic heterocycles. The van der Waals surface area contributed by atoms with E-state index in [2.05, 4.69) is 10.3 Å². The lowest BCUT2D eigenvalue weighted by molar-refractivity contribution is 0.0641. The van der Waals surface area contributed by atoms with Gasteiger partial charge in [-0.05, 0) is 56.6 Å². The molecule has 0 atom stereocenters. The molecular weight excluding hydrogens is 306 g/mol. The Morgan fingerprint density at radius 2 is 2.08 bits per heavy atom. The number of H-pyrrole nitrogens is 1. The average molecular weight is 329 g/mol. The van der Waals surface area contributed by atoms with Crippen molar-refractivity contribution in [2.24, 2.45) is 0 Å². The maximum absolute atomic E-state index is 12.9. The van der Waals surface area contributed by atoms with E-state index in [-0.39, 0.29) is 23.1 Å². The first-order chi connectivity index (χ1) is 11.7. The van der Waals surface area contributed by atoms with Crippen molar-refractivity contribution in [2.45, 2.75) is 32.2 Å². The van der Waals surface area contributed by atoms with E-state index in [4.69, 9.17) is 4.42 Å². The summed E-state index contributed by atoms with van der Waals surface area (Å²) in [6.07, 6.45) is 4.27. The van der Waals surface area contributed by atoms with Crippen LogP contribution in [0.25, 0.3) is 11.5 Å². The summed E-state index contributed by atoms with van der Waals surface area (Å²) < 4.78 is 5.28. The van der Waals surface area contributed by atoms with E-state index < -0.39 is 0 Å². The fraction of sp³-hybridized carbons (Fsp3) is 0.444. The lowest BCUT2D eigenvalue weighted by Crippen LogP contribution is -2.47. The van der Waals surface area contributed by atoms with Gasteiger partial charge in [0.05, 0.1) is 12.0 Å². The third-order valence-corrected chi connectivity index (χ3v) is 4.40. The van der Waals surface area contributed by atoms with Crippen LogP contribution in [-0.4, -0.2) is 41.5 Å². The van der Waals surface area contributed by atoms with Gasteiger partial charge in [0.1, 0.15) is 11.3 Å². The van der Waals surface area contributed by atoms with Gasteiger partial charge in [-0.2, -0.15) is 0 Å². The SMILES string of the molecule is CCCN(C(=O)c1ccc(-c2ccco2)[nH]c1=O)C1CCNCC1. The number of rotatable bonds is 5. The Morgan fingerprint density at radius 3 is 2.71 bits per heavy atom. The van der Waals surface area contributed by atoms with Gasteiger partial charge in [-0.25, -0.2) is 0 Å². The Morgan fingerprint density at radius 1 is 1.29 bits per heavy atom. The number of furan rings is 1. The van der Waals surface area contributed by atoms with Crippen LogP contribution in [-0.2, 0) is 0 Å². The van der Waals surface area contributed by atoms with E-state index in [0.717, 1.165) is 32.4 Å². The van der Waals surface area contributed by atoms with E-state index >= 15 is 0 Å². The predicted molar refractivity (Wildman–Crippen MR) is 92.0 cm³/mol. The molecule has 6 heteroatoms. The van der Waals surface area contributed by atoms with Crippen LogP contribution in [0.15, 0.2) is 39.7 Å². The van der Waals surface area contributed by atoms with Gasteiger partial charge in [0.15, 0.2) is 0 Å². The van der Waals surface area contributed by atoms with Crippen molar-refractivity contribution < 1.29 is 9.21 Å². The van der Waals surface area contributed by atoms with Crippen molar-refractivity contribution in [1.82, 2.24) is 15.2 Å². The van der Waals surface area contributed by atoms with Crippen molar-refractivity contribution in [3.8, 4) is 11.5 Å². The minimum Gasteiger partial charge on any atom is -0.463 e. The number of hydrogen-bond acceptors (Lipinski definition) is 4. The molecule has 1 saturated heterocycles. The lowest BCUT2D eigenvalue weighted by Gasteiger charge is -2.34. The summed E-state index contributed by atoms with van der Waals surface area (Å²) in [6.45, 7) is 4.53. The Kier molecular flexibility index (Phi) is 5.15. The van der Waals surface area contributed by atoms with Crippen LogP contribution in [0.4, 0.5) is 0 Å². The van der Waals surface area contributed by atoms with Crippen molar-refractivity contribution in [3.63, 3.8) is 0 Å². The van der Waals surface area contributed by atoms with Crippen LogP contribution >= 0.6 is 0 Å². The number of pyridine rings is 1. The number of carbonyl (C=O) groups excluding carboxylic acids is 1. The fourth-order valence-corrected chi connectivity index (χ4v) is 3.18. The number of nitrogens with one attached hydrogen (secondary N) is 2. The topological polar surface area (TPSA) is 78.3 Å². The fourth-order valence-electron chi connectivity index (χ4n) is 3.18. The van der Waals surface area contributed by atoms with Gasteiger partial charge in [-0.1, -0.05) is 6.92 Å². The number of carbonyl (C=O) groups is 1. The monoisotopic (exact) mass is 329 g/mol. The van der Waals surface area contributed by atoms with Crippen molar-refractivity contribution >= 4 is 5.91 Å². The molecule has 0 radical (unpaired) electrons. The molecule has 1 fully saturated rings. The number of aromatic nitrogens is 1. The van der Waals surface area contributed by atoms with Gasteiger partial charge >= 0.3 is 0 Å². The van der Waals surface area contributed by atoms with E-state index in [1.54, 1.807) is 30.5 Å². The predicted octanol–water partition coefficient (Wildman–Crippen LogP) is 2.24. The second kappa shape index (κ2) is 7.49. The molecule has 3 rings (SSSR count). The number of amides is 1. The van der Waals surface area contributed by atoms with Crippen molar-refractivity contribution in [2.75, 3.05) is 19.6 Å². The standard InChI is InChI=1S/C18H23N3O3/c1-2-11-21(13-7-9-19-10-8-13)18(23)14-5-6-15(20-17(14)22)16-4-3-12-24-16/h3-6,12-13,19H,2,7-11H2,1H3,(H,20,22). The summed E-state index contributed by atoms with van der Waals surface area (Å²) in [5.74, 6) is 0.394. The molecule has 24 heavy (non-hydrogen) atoms. The zero-order chi connectivity index (χ0) is 16.9. The van der Waals surface area contributed by atoms with Crippen LogP contribution in [0.3, 0.4) is 0 Å². The first-order valence-electron chi connectivity index (χ1n) is 8.49. The molecule has 1 aliphatic heterocycles. The molecule has 0 aromatic carbocycles. The largest absolute Gasteiger partial charge is 0.463 e. The molecule has 1 amide bonds. The van der Waals surface area contributed by atoms with Crippen molar-refractivity contribution in [1.29, 1.82) is 0 Å². The number of piperidine rings is 1. The van der Waals surface area contributed by atoms with Gasteiger partial charge in [0.2, 0.25) is 0 Å². The molecule has 0 aliphatic carbocycles. The van der Waals surface area contributed by atoms with Crippen LogP contribution in [0.5, 0.6) is 0 Å². The zero-order valence-electron chi connectivity index (χ0n) is 13.9. The average Bonchev–Trinajstić information content (AvgIpc) is 3.14. The Labute approximate surface area is 140 Å². The highest BCUT2D eigenvalue weighted by Gasteiger charge is 2.27. The first-order valence-corrected chi connectivity index (χ1v) is 8.49. The quantitative estimate of drug-likeness (QED) is 0.882.